The number of hydrogen-bond acceptors (Lipinski definition) is 2. The molecule has 10 rings (SSSR count). The average molecular weight is 638 g/mol. The minimum absolute atomic E-state index is 0.900. The predicted molar refractivity (Wildman–Crippen MR) is 212 cm³/mol. The summed E-state index contributed by atoms with van der Waals surface area (Å²) >= 11 is 0. The van der Waals surface area contributed by atoms with Gasteiger partial charge in [0.2, 0.25) is 0 Å². The molecule has 2 nitrogen and oxygen atoms in total. The molecule has 0 fully saturated rings. The summed E-state index contributed by atoms with van der Waals surface area (Å²) in [4.78, 5) is 2.37. The molecule has 0 spiro atoms. The normalized spacial score (nSPS) is 11.6. The van der Waals surface area contributed by atoms with Crippen molar-refractivity contribution in [1.82, 2.24) is 0 Å². The van der Waals surface area contributed by atoms with Crippen LogP contribution in [-0.2, 0) is 0 Å². The monoisotopic (exact) mass is 637 g/mol. The van der Waals surface area contributed by atoms with Crippen molar-refractivity contribution in [3.63, 3.8) is 0 Å². The second-order valence-corrected chi connectivity index (χ2v) is 12.9. The number of para-hydroxylation sites is 1. The number of rotatable bonds is 5. The summed E-state index contributed by atoms with van der Waals surface area (Å²) in [7, 11) is 0. The van der Waals surface area contributed by atoms with Gasteiger partial charge >= 0.3 is 0 Å². The molecule has 0 aliphatic carbocycles. The summed E-state index contributed by atoms with van der Waals surface area (Å²) in [6.45, 7) is 0. The maximum atomic E-state index is 6.26. The van der Waals surface area contributed by atoms with Gasteiger partial charge in [-0.05, 0) is 103 Å². The van der Waals surface area contributed by atoms with Crippen LogP contribution in [0.2, 0.25) is 0 Å². The maximum absolute atomic E-state index is 6.26. The third-order valence-electron chi connectivity index (χ3n) is 10.0. The zero-order valence-electron chi connectivity index (χ0n) is 27.3. The number of furan rings is 1. The lowest BCUT2D eigenvalue weighted by Gasteiger charge is -2.27. The van der Waals surface area contributed by atoms with Gasteiger partial charge in [-0.1, -0.05) is 140 Å². The van der Waals surface area contributed by atoms with Crippen LogP contribution in [0.3, 0.4) is 0 Å². The van der Waals surface area contributed by atoms with E-state index in [-0.39, 0.29) is 0 Å². The van der Waals surface area contributed by atoms with Crippen LogP contribution in [0.25, 0.3) is 76.5 Å². The van der Waals surface area contributed by atoms with Gasteiger partial charge in [0.25, 0.3) is 0 Å². The Morgan fingerprint density at radius 1 is 0.320 bits per heavy atom. The van der Waals surface area contributed by atoms with Gasteiger partial charge in [0, 0.05) is 27.8 Å². The summed E-state index contributed by atoms with van der Waals surface area (Å²) in [5.41, 5.74) is 9.80. The Balaban J connectivity index is 1.15. The Morgan fingerprint density at radius 2 is 0.920 bits per heavy atom. The predicted octanol–water partition coefficient (Wildman–Crippen LogP) is 13.8. The molecule has 10 aromatic rings. The van der Waals surface area contributed by atoms with Crippen LogP contribution in [0, 0.1) is 0 Å². The van der Waals surface area contributed by atoms with Crippen molar-refractivity contribution in [2.45, 2.75) is 0 Å². The highest BCUT2D eigenvalue weighted by molar-refractivity contribution is 6.18. The molecule has 0 aliphatic heterocycles. The molecule has 0 aliphatic rings. The molecule has 234 valence electrons. The molecule has 50 heavy (non-hydrogen) atoms. The van der Waals surface area contributed by atoms with Crippen LogP contribution in [0.1, 0.15) is 0 Å². The van der Waals surface area contributed by atoms with Gasteiger partial charge in [0.1, 0.15) is 11.2 Å². The molecule has 9 aromatic carbocycles. The Labute approximate surface area is 290 Å². The van der Waals surface area contributed by atoms with Crippen LogP contribution in [-0.4, -0.2) is 0 Å². The van der Waals surface area contributed by atoms with Crippen molar-refractivity contribution in [1.29, 1.82) is 0 Å². The molecule has 0 amide bonds. The Kier molecular flexibility index (Phi) is 6.53. The first-order chi connectivity index (χ1) is 24.8. The molecule has 0 atom stereocenters. The molecule has 2 heteroatoms. The van der Waals surface area contributed by atoms with Crippen LogP contribution in [0.4, 0.5) is 17.1 Å². The van der Waals surface area contributed by atoms with Gasteiger partial charge in [0.05, 0.1) is 0 Å². The van der Waals surface area contributed by atoms with Gasteiger partial charge in [-0.25, -0.2) is 0 Å². The van der Waals surface area contributed by atoms with E-state index in [1.807, 2.05) is 12.1 Å². The molecule has 0 N–H and O–H groups in total. The third-order valence-corrected chi connectivity index (χ3v) is 10.0. The highest BCUT2D eigenvalue weighted by atomic mass is 16.3. The smallest absolute Gasteiger partial charge is 0.136 e. The zero-order valence-corrected chi connectivity index (χ0v) is 27.3. The first-order valence-corrected chi connectivity index (χ1v) is 17.1. The molecule has 0 unspecified atom stereocenters. The van der Waals surface area contributed by atoms with E-state index in [0.29, 0.717) is 0 Å². The minimum Gasteiger partial charge on any atom is -0.456 e. The number of nitrogens with zero attached hydrogens (tertiary/aromatic N) is 1. The molecule has 1 aromatic heterocycles. The van der Waals surface area contributed by atoms with Gasteiger partial charge in [-0.15, -0.1) is 0 Å². The largest absolute Gasteiger partial charge is 0.456 e. The number of benzene rings is 9. The highest BCUT2D eigenvalue weighted by Gasteiger charge is 2.17. The Hall–Kier alpha value is -6.64. The van der Waals surface area contributed by atoms with Crippen molar-refractivity contribution < 1.29 is 4.42 Å². The van der Waals surface area contributed by atoms with Crippen molar-refractivity contribution in [2.24, 2.45) is 0 Å². The number of hydrogen-bond donors (Lipinski definition) is 0. The van der Waals surface area contributed by atoms with Crippen LogP contribution in [0.15, 0.2) is 192 Å². The van der Waals surface area contributed by atoms with Crippen LogP contribution in [0.5, 0.6) is 0 Å². The SMILES string of the molecule is c1ccc(-c2ccc(N(c3cccc(-c4cccc5oc6ccccc6c45)c3)c3ccc4c(ccc5c6ccccc6ccc45)c3)cc2)cc1. The first kappa shape index (κ1) is 28.4. The lowest BCUT2D eigenvalue weighted by atomic mass is 9.96. The van der Waals surface area contributed by atoms with E-state index in [9.17, 15) is 0 Å². The van der Waals surface area contributed by atoms with Crippen LogP contribution < -0.4 is 4.90 Å². The highest BCUT2D eigenvalue weighted by Crippen LogP contribution is 2.42. The van der Waals surface area contributed by atoms with E-state index in [4.69, 9.17) is 4.42 Å². The second kappa shape index (κ2) is 11.5. The van der Waals surface area contributed by atoms with E-state index < -0.39 is 0 Å². The average Bonchev–Trinajstić information content (AvgIpc) is 3.57. The molecule has 0 saturated heterocycles. The summed E-state index contributed by atoms with van der Waals surface area (Å²) in [5.74, 6) is 0. The van der Waals surface area contributed by atoms with E-state index >= 15 is 0 Å². The van der Waals surface area contributed by atoms with Gasteiger partial charge < -0.3 is 9.32 Å². The molecular weight excluding hydrogens is 607 g/mol. The zero-order chi connectivity index (χ0) is 33.0. The first-order valence-electron chi connectivity index (χ1n) is 17.1. The minimum atomic E-state index is 0.900. The summed E-state index contributed by atoms with van der Waals surface area (Å²) in [5, 5.41) is 9.84. The van der Waals surface area contributed by atoms with Crippen LogP contribution >= 0.6 is 0 Å². The second-order valence-electron chi connectivity index (χ2n) is 12.9. The Morgan fingerprint density at radius 3 is 1.78 bits per heavy atom. The summed E-state index contributed by atoms with van der Waals surface area (Å²) < 4.78 is 6.26. The topological polar surface area (TPSA) is 16.4 Å². The third kappa shape index (κ3) is 4.65. The Bertz CT molecular complexity index is 2870. The molecule has 0 bridgehead atoms. The molecular formula is C48H31NO. The van der Waals surface area contributed by atoms with Gasteiger partial charge in [-0.2, -0.15) is 0 Å². The maximum Gasteiger partial charge on any atom is 0.136 e. The number of fused-ring (bicyclic) bond motifs is 8. The molecule has 1 heterocycles. The van der Waals surface area contributed by atoms with Crippen molar-refractivity contribution in [3.05, 3.63) is 188 Å². The van der Waals surface area contributed by atoms with Crippen molar-refractivity contribution in [3.8, 4) is 22.3 Å². The van der Waals surface area contributed by atoms with Gasteiger partial charge in [0.15, 0.2) is 0 Å². The molecule has 0 radical (unpaired) electrons. The lowest BCUT2D eigenvalue weighted by Crippen LogP contribution is -2.10. The number of anilines is 3. The fourth-order valence-corrected chi connectivity index (χ4v) is 7.66. The molecule has 0 saturated carbocycles. The lowest BCUT2D eigenvalue weighted by molar-refractivity contribution is 0.669. The fourth-order valence-electron chi connectivity index (χ4n) is 7.66. The van der Waals surface area contributed by atoms with E-state index in [1.54, 1.807) is 0 Å². The van der Waals surface area contributed by atoms with E-state index in [0.717, 1.165) is 50.1 Å². The van der Waals surface area contributed by atoms with Gasteiger partial charge in [-0.3, -0.25) is 0 Å². The van der Waals surface area contributed by atoms with E-state index in [2.05, 4.69) is 181 Å². The van der Waals surface area contributed by atoms with Crippen molar-refractivity contribution >= 4 is 71.3 Å². The quantitative estimate of drug-likeness (QED) is 0.175. The fraction of sp³-hybridized carbons (Fsp3) is 0. The van der Waals surface area contributed by atoms with E-state index in [1.165, 1.54) is 43.4 Å². The standard InChI is InChI=1S/C48H31NO/c1-2-10-32(11-3-1)33-20-24-37(25-21-33)49(39-26-29-41-36(31-39)23-28-43-40-15-5-4-12-34(40)22-27-44(41)43)38-14-8-13-35(30-38)42-17-9-19-47-48(42)45-16-6-7-18-46(45)50-47/h1-31H. The summed E-state index contributed by atoms with van der Waals surface area (Å²) in [6.07, 6.45) is 0. The summed E-state index contributed by atoms with van der Waals surface area (Å²) in [6, 6.07) is 67.6. The van der Waals surface area contributed by atoms with Crippen molar-refractivity contribution in [2.75, 3.05) is 4.90 Å².